The van der Waals surface area contributed by atoms with Gasteiger partial charge >= 0.3 is 5.97 Å². The maximum absolute atomic E-state index is 12.4. The number of H-pyrrole nitrogens is 1. The molecule has 3 heterocycles. The highest BCUT2D eigenvalue weighted by Crippen LogP contribution is 2.46. The van der Waals surface area contributed by atoms with E-state index < -0.39 is 5.97 Å². The number of pyridine rings is 1. The van der Waals surface area contributed by atoms with Gasteiger partial charge in [-0.2, -0.15) is 0 Å². The second-order valence-electron chi connectivity index (χ2n) is 6.05. The Morgan fingerprint density at radius 2 is 2.16 bits per heavy atom. The number of hydrogen-bond acceptors (Lipinski definition) is 5. The van der Waals surface area contributed by atoms with E-state index in [1.807, 2.05) is 24.3 Å². The van der Waals surface area contributed by atoms with Crippen molar-refractivity contribution in [3.63, 3.8) is 0 Å². The van der Waals surface area contributed by atoms with Crippen molar-refractivity contribution in [1.29, 1.82) is 0 Å². The molecule has 1 aromatic carbocycles. The first-order chi connectivity index (χ1) is 12.2. The fourth-order valence-corrected chi connectivity index (χ4v) is 3.38. The Hall–Kier alpha value is -3.02. The van der Waals surface area contributed by atoms with Crippen molar-refractivity contribution in [3.8, 4) is 22.8 Å². The highest BCUT2D eigenvalue weighted by atomic mass is 16.5. The highest BCUT2D eigenvalue weighted by molar-refractivity contribution is 6.11. The predicted octanol–water partition coefficient (Wildman–Crippen LogP) is 3.52. The highest BCUT2D eigenvalue weighted by Gasteiger charge is 2.29. The lowest BCUT2D eigenvalue weighted by Gasteiger charge is -2.10. The summed E-state index contributed by atoms with van der Waals surface area (Å²) >= 11 is 0. The molecule has 0 saturated carbocycles. The fraction of sp³-hybridized carbons (Fsp3) is 0.263. The van der Waals surface area contributed by atoms with E-state index in [9.17, 15) is 4.79 Å². The third-order valence-corrected chi connectivity index (χ3v) is 4.58. The lowest BCUT2D eigenvalue weighted by Crippen LogP contribution is -2.04. The number of methoxy groups -OCH3 is 2. The van der Waals surface area contributed by atoms with E-state index in [1.54, 1.807) is 13.3 Å². The minimum atomic E-state index is -0.447. The van der Waals surface area contributed by atoms with Crippen molar-refractivity contribution in [2.24, 2.45) is 0 Å². The van der Waals surface area contributed by atoms with Crippen molar-refractivity contribution >= 4 is 16.9 Å². The molecular formula is C19H18N2O4. The van der Waals surface area contributed by atoms with Gasteiger partial charge in [-0.3, -0.25) is 0 Å². The minimum absolute atomic E-state index is 0.305. The van der Waals surface area contributed by atoms with Crippen molar-refractivity contribution < 1.29 is 19.0 Å². The molecule has 0 fully saturated rings. The van der Waals surface area contributed by atoms with Crippen LogP contribution in [0.4, 0.5) is 0 Å². The number of hydrogen-bond donors (Lipinski definition) is 1. The van der Waals surface area contributed by atoms with Gasteiger partial charge in [-0.1, -0.05) is 13.0 Å². The molecule has 6 heteroatoms. The van der Waals surface area contributed by atoms with Crippen LogP contribution in [-0.4, -0.2) is 36.8 Å². The summed E-state index contributed by atoms with van der Waals surface area (Å²) < 4.78 is 16.3. The number of rotatable bonds is 3. The summed E-state index contributed by atoms with van der Waals surface area (Å²) in [4.78, 5) is 19.8. The zero-order valence-electron chi connectivity index (χ0n) is 14.3. The van der Waals surface area contributed by atoms with Crippen LogP contribution >= 0.6 is 0 Å². The van der Waals surface area contributed by atoms with E-state index in [0.29, 0.717) is 35.2 Å². The minimum Gasteiger partial charge on any atom is -0.492 e. The normalized spacial score (nSPS) is 15.7. The van der Waals surface area contributed by atoms with E-state index >= 15 is 0 Å². The Morgan fingerprint density at radius 3 is 2.92 bits per heavy atom. The summed E-state index contributed by atoms with van der Waals surface area (Å²) in [5, 5.41) is 0.855. The van der Waals surface area contributed by atoms with Crippen molar-refractivity contribution in [1.82, 2.24) is 9.97 Å². The summed E-state index contributed by atoms with van der Waals surface area (Å²) in [6.45, 7) is 2.74. The van der Waals surface area contributed by atoms with Gasteiger partial charge in [-0.25, -0.2) is 9.78 Å². The van der Waals surface area contributed by atoms with Crippen LogP contribution in [0.2, 0.25) is 0 Å². The van der Waals surface area contributed by atoms with Crippen LogP contribution in [0.5, 0.6) is 11.6 Å². The monoisotopic (exact) mass is 338 g/mol. The lowest BCUT2D eigenvalue weighted by molar-refractivity contribution is 0.0596. The number of nitrogens with one attached hydrogen (secondary N) is 1. The van der Waals surface area contributed by atoms with Crippen LogP contribution in [0.15, 0.2) is 30.5 Å². The summed E-state index contributed by atoms with van der Waals surface area (Å²) in [6.07, 6.45) is 1.65. The predicted molar refractivity (Wildman–Crippen MR) is 93.3 cm³/mol. The number of fused-ring (bicyclic) bond motifs is 3. The van der Waals surface area contributed by atoms with Crippen LogP contribution in [0.1, 0.15) is 28.9 Å². The van der Waals surface area contributed by atoms with Gasteiger partial charge in [0.15, 0.2) is 0 Å². The Labute approximate surface area is 144 Å². The van der Waals surface area contributed by atoms with Crippen LogP contribution in [0, 0.1) is 0 Å². The third-order valence-electron chi connectivity index (χ3n) is 4.58. The van der Waals surface area contributed by atoms with E-state index in [4.69, 9.17) is 14.2 Å². The lowest BCUT2D eigenvalue weighted by atomic mass is 9.97. The molecule has 25 heavy (non-hydrogen) atoms. The molecular weight excluding hydrogens is 320 g/mol. The van der Waals surface area contributed by atoms with Crippen LogP contribution in [0.25, 0.3) is 22.0 Å². The first-order valence-electron chi connectivity index (χ1n) is 8.04. The smallest absolute Gasteiger partial charge is 0.355 e. The van der Waals surface area contributed by atoms with E-state index in [2.05, 4.69) is 16.9 Å². The SMILES string of the molecule is COC(=O)c1[nH]c2ccc3c(c2c1-c1cccnc1OC)OC[C@H]3C. The molecule has 0 bridgehead atoms. The van der Waals surface area contributed by atoms with Gasteiger partial charge in [-0.05, 0) is 18.2 Å². The molecule has 6 nitrogen and oxygen atoms in total. The quantitative estimate of drug-likeness (QED) is 0.740. The zero-order chi connectivity index (χ0) is 17.6. The number of aromatic nitrogens is 2. The largest absolute Gasteiger partial charge is 0.492 e. The molecule has 0 saturated heterocycles. The summed E-state index contributed by atoms with van der Waals surface area (Å²) in [6, 6.07) is 7.69. The number of carbonyl (C=O) groups excluding carboxylic acids is 1. The molecule has 1 aliphatic heterocycles. The Balaban J connectivity index is 2.11. The van der Waals surface area contributed by atoms with Crippen LogP contribution in [0.3, 0.4) is 0 Å². The van der Waals surface area contributed by atoms with Crippen molar-refractivity contribution in [3.05, 3.63) is 41.7 Å². The molecule has 0 spiro atoms. The first-order valence-corrected chi connectivity index (χ1v) is 8.04. The summed E-state index contributed by atoms with van der Waals surface area (Å²) in [5.41, 5.74) is 3.72. The summed E-state index contributed by atoms with van der Waals surface area (Å²) in [7, 11) is 2.92. The van der Waals surface area contributed by atoms with Crippen LogP contribution < -0.4 is 9.47 Å². The third kappa shape index (κ3) is 2.25. The first kappa shape index (κ1) is 15.5. The molecule has 1 atom stereocenters. The van der Waals surface area contributed by atoms with Gasteiger partial charge in [0.1, 0.15) is 11.4 Å². The molecule has 0 aliphatic carbocycles. The van der Waals surface area contributed by atoms with Crippen molar-refractivity contribution in [2.45, 2.75) is 12.8 Å². The van der Waals surface area contributed by atoms with E-state index in [1.165, 1.54) is 7.11 Å². The Kier molecular flexibility index (Phi) is 3.60. The topological polar surface area (TPSA) is 73.4 Å². The number of ether oxygens (including phenoxy) is 3. The molecule has 2 aromatic heterocycles. The molecule has 4 rings (SSSR count). The number of benzene rings is 1. The van der Waals surface area contributed by atoms with Gasteiger partial charge in [-0.15, -0.1) is 0 Å². The van der Waals surface area contributed by atoms with Gasteiger partial charge in [0.05, 0.1) is 31.7 Å². The fourth-order valence-electron chi connectivity index (χ4n) is 3.38. The maximum Gasteiger partial charge on any atom is 0.355 e. The number of carbonyl (C=O) groups is 1. The van der Waals surface area contributed by atoms with E-state index in [0.717, 1.165) is 22.2 Å². The molecule has 3 aromatic rings. The average molecular weight is 338 g/mol. The zero-order valence-corrected chi connectivity index (χ0v) is 14.3. The number of esters is 1. The molecule has 0 radical (unpaired) electrons. The molecule has 128 valence electrons. The van der Waals surface area contributed by atoms with Gasteiger partial charge in [0.2, 0.25) is 5.88 Å². The second-order valence-corrected chi connectivity index (χ2v) is 6.05. The molecule has 1 aliphatic rings. The molecule has 0 amide bonds. The Morgan fingerprint density at radius 1 is 1.32 bits per heavy atom. The number of aromatic amines is 1. The standard InChI is InChI=1S/C19H18N2O4/c1-10-9-25-17-11(10)6-7-13-15(17)14(16(21-13)19(22)24-3)12-5-4-8-20-18(12)23-2/h4-8,10,21H,9H2,1-3H3/t10-/m1/s1. The Bertz CT molecular complexity index is 977. The summed E-state index contributed by atoms with van der Waals surface area (Å²) in [5.74, 6) is 1.10. The number of nitrogens with zero attached hydrogens (tertiary/aromatic N) is 1. The van der Waals surface area contributed by atoms with Gasteiger partial charge in [0, 0.05) is 28.8 Å². The van der Waals surface area contributed by atoms with Crippen molar-refractivity contribution in [2.75, 3.05) is 20.8 Å². The second kappa shape index (κ2) is 5.81. The maximum atomic E-state index is 12.4. The van der Waals surface area contributed by atoms with Gasteiger partial charge < -0.3 is 19.2 Å². The molecule has 0 unspecified atom stereocenters. The van der Waals surface area contributed by atoms with E-state index in [-0.39, 0.29) is 0 Å². The van der Waals surface area contributed by atoms with Crippen LogP contribution in [-0.2, 0) is 4.74 Å². The molecule has 1 N–H and O–H groups in total. The van der Waals surface area contributed by atoms with Gasteiger partial charge in [0.25, 0.3) is 0 Å². The average Bonchev–Trinajstić information content (AvgIpc) is 3.21.